The number of anilines is 1. The summed E-state index contributed by atoms with van der Waals surface area (Å²) in [5.41, 5.74) is 1.61. The van der Waals surface area contributed by atoms with Gasteiger partial charge in [-0.25, -0.2) is 9.97 Å². The van der Waals surface area contributed by atoms with Crippen LogP contribution in [-0.4, -0.2) is 63.2 Å². The minimum Gasteiger partial charge on any atom is -0.493 e. The molecular weight excluding hydrogens is 422 g/mol. The third-order valence-electron chi connectivity index (χ3n) is 5.62. The van der Waals surface area contributed by atoms with Crippen LogP contribution < -0.4 is 23.8 Å². The Morgan fingerprint density at radius 1 is 0.879 bits per heavy atom. The molecule has 1 fully saturated rings. The lowest BCUT2D eigenvalue weighted by atomic mass is 10.1. The molecule has 0 radical (unpaired) electrons. The Hall–Kier alpha value is -3.26. The van der Waals surface area contributed by atoms with Gasteiger partial charge >= 0.3 is 0 Å². The highest BCUT2D eigenvalue weighted by Crippen LogP contribution is 2.38. The zero-order valence-corrected chi connectivity index (χ0v) is 20.0. The number of methoxy groups -OCH3 is 3. The lowest BCUT2D eigenvalue weighted by Gasteiger charge is -2.36. The molecule has 2 atom stereocenters. The van der Waals surface area contributed by atoms with Crippen LogP contribution in [0.5, 0.6) is 23.0 Å². The standard InChI is InChI=1S/C25H31N3O5/c1-7-32-23-12-19-18(11-22(23)31-6)25(28-13-15(2)33-16(3)14-28)27-24(26-19)17-8-9-20(29-4)21(10-17)30-5/h8-12,15-16H,7,13-14H2,1-6H3/t15-,16+. The number of nitrogens with zero attached hydrogens (tertiary/aromatic N) is 3. The predicted octanol–water partition coefficient (Wildman–Crippen LogP) is 4.33. The summed E-state index contributed by atoms with van der Waals surface area (Å²) in [6.07, 6.45) is 0.181. The van der Waals surface area contributed by atoms with Gasteiger partial charge in [-0.05, 0) is 45.0 Å². The Bertz CT molecular complexity index is 1130. The van der Waals surface area contributed by atoms with E-state index in [0.29, 0.717) is 35.4 Å². The number of fused-ring (bicyclic) bond motifs is 1. The van der Waals surface area contributed by atoms with E-state index in [0.717, 1.165) is 35.4 Å². The molecule has 0 amide bonds. The molecule has 1 aromatic heterocycles. The summed E-state index contributed by atoms with van der Waals surface area (Å²) < 4.78 is 28.3. The fraction of sp³-hybridized carbons (Fsp3) is 0.440. The van der Waals surface area contributed by atoms with Gasteiger partial charge in [0.1, 0.15) is 5.82 Å². The van der Waals surface area contributed by atoms with Crippen LogP contribution in [0.2, 0.25) is 0 Å². The largest absolute Gasteiger partial charge is 0.493 e. The van der Waals surface area contributed by atoms with Crippen LogP contribution in [0.15, 0.2) is 30.3 Å². The minimum absolute atomic E-state index is 0.0906. The monoisotopic (exact) mass is 453 g/mol. The minimum atomic E-state index is 0.0906. The molecule has 8 nitrogen and oxygen atoms in total. The third-order valence-corrected chi connectivity index (χ3v) is 5.62. The smallest absolute Gasteiger partial charge is 0.163 e. The maximum Gasteiger partial charge on any atom is 0.163 e. The molecule has 0 N–H and O–H groups in total. The number of hydrogen-bond acceptors (Lipinski definition) is 8. The van der Waals surface area contributed by atoms with E-state index in [-0.39, 0.29) is 12.2 Å². The molecule has 0 spiro atoms. The van der Waals surface area contributed by atoms with Gasteiger partial charge < -0.3 is 28.6 Å². The molecular formula is C25H31N3O5. The van der Waals surface area contributed by atoms with Gasteiger partial charge in [-0.1, -0.05) is 0 Å². The molecule has 2 heterocycles. The van der Waals surface area contributed by atoms with E-state index in [9.17, 15) is 0 Å². The van der Waals surface area contributed by atoms with Crippen LogP contribution in [-0.2, 0) is 4.74 Å². The quantitative estimate of drug-likeness (QED) is 0.523. The van der Waals surface area contributed by atoms with Crippen molar-refractivity contribution in [2.45, 2.75) is 33.0 Å². The van der Waals surface area contributed by atoms with Crippen molar-refractivity contribution in [1.29, 1.82) is 0 Å². The van der Waals surface area contributed by atoms with Gasteiger partial charge in [0.05, 0.1) is 45.7 Å². The summed E-state index contributed by atoms with van der Waals surface area (Å²) in [5.74, 6) is 4.02. The summed E-state index contributed by atoms with van der Waals surface area (Å²) in [4.78, 5) is 12.2. The van der Waals surface area contributed by atoms with Crippen LogP contribution in [0.1, 0.15) is 20.8 Å². The molecule has 1 saturated heterocycles. The summed E-state index contributed by atoms with van der Waals surface area (Å²) >= 11 is 0. The maximum atomic E-state index is 5.96. The van der Waals surface area contributed by atoms with E-state index in [1.807, 2.05) is 37.3 Å². The second-order valence-corrected chi connectivity index (χ2v) is 8.06. The Labute approximate surface area is 194 Å². The summed E-state index contributed by atoms with van der Waals surface area (Å²) in [7, 11) is 4.87. The number of ether oxygens (including phenoxy) is 5. The molecule has 33 heavy (non-hydrogen) atoms. The lowest BCUT2D eigenvalue weighted by molar-refractivity contribution is -0.00536. The predicted molar refractivity (Wildman–Crippen MR) is 128 cm³/mol. The van der Waals surface area contributed by atoms with E-state index in [2.05, 4.69) is 18.7 Å². The van der Waals surface area contributed by atoms with Gasteiger partial charge in [-0.15, -0.1) is 0 Å². The van der Waals surface area contributed by atoms with E-state index >= 15 is 0 Å². The average molecular weight is 454 g/mol. The summed E-state index contributed by atoms with van der Waals surface area (Å²) in [6, 6.07) is 9.56. The van der Waals surface area contributed by atoms with Crippen LogP contribution in [0.3, 0.4) is 0 Å². The topological polar surface area (TPSA) is 75.2 Å². The fourth-order valence-electron chi connectivity index (χ4n) is 4.24. The summed E-state index contributed by atoms with van der Waals surface area (Å²) in [6.45, 7) is 8.10. The van der Waals surface area contributed by atoms with Gasteiger partial charge in [-0.2, -0.15) is 0 Å². The van der Waals surface area contributed by atoms with Crippen molar-refractivity contribution >= 4 is 16.7 Å². The number of hydrogen-bond donors (Lipinski definition) is 0. The average Bonchev–Trinajstić information content (AvgIpc) is 2.82. The Morgan fingerprint density at radius 2 is 1.55 bits per heavy atom. The Balaban J connectivity index is 1.93. The molecule has 0 bridgehead atoms. The van der Waals surface area contributed by atoms with Gasteiger partial charge in [-0.3, -0.25) is 0 Å². The second kappa shape index (κ2) is 9.70. The molecule has 0 saturated carbocycles. The third kappa shape index (κ3) is 4.61. The lowest BCUT2D eigenvalue weighted by Crippen LogP contribution is -2.46. The molecule has 0 aliphatic carbocycles. The Kier molecular flexibility index (Phi) is 6.74. The zero-order valence-electron chi connectivity index (χ0n) is 20.0. The van der Waals surface area contributed by atoms with E-state index < -0.39 is 0 Å². The summed E-state index contributed by atoms with van der Waals surface area (Å²) in [5, 5.41) is 0.904. The highest BCUT2D eigenvalue weighted by atomic mass is 16.5. The Morgan fingerprint density at radius 3 is 2.18 bits per heavy atom. The SMILES string of the molecule is CCOc1cc2nc(-c3ccc(OC)c(OC)c3)nc(N3C[C@@H](C)O[C@@H](C)C3)c2cc1OC. The molecule has 3 aromatic rings. The molecule has 176 valence electrons. The second-order valence-electron chi connectivity index (χ2n) is 8.06. The van der Waals surface area contributed by atoms with Crippen LogP contribution >= 0.6 is 0 Å². The molecule has 2 aromatic carbocycles. The number of aromatic nitrogens is 2. The van der Waals surface area contributed by atoms with Crippen molar-refractivity contribution in [3.05, 3.63) is 30.3 Å². The number of morpholine rings is 1. The first-order chi connectivity index (χ1) is 16.0. The van der Waals surface area contributed by atoms with E-state index in [4.69, 9.17) is 33.7 Å². The van der Waals surface area contributed by atoms with Crippen molar-refractivity contribution in [3.8, 4) is 34.4 Å². The molecule has 1 aliphatic heterocycles. The van der Waals surface area contributed by atoms with E-state index in [1.165, 1.54) is 0 Å². The highest BCUT2D eigenvalue weighted by Gasteiger charge is 2.26. The van der Waals surface area contributed by atoms with E-state index in [1.54, 1.807) is 21.3 Å². The van der Waals surface area contributed by atoms with Crippen LogP contribution in [0.25, 0.3) is 22.3 Å². The maximum absolute atomic E-state index is 5.96. The fourth-order valence-corrected chi connectivity index (χ4v) is 4.24. The van der Waals surface area contributed by atoms with Gasteiger partial charge in [0.15, 0.2) is 28.8 Å². The number of rotatable bonds is 7. The molecule has 4 rings (SSSR count). The van der Waals surface area contributed by atoms with Crippen LogP contribution in [0.4, 0.5) is 5.82 Å². The van der Waals surface area contributed by atoms with Gasteiger partial charge in [0.25, 0.3) is 0 Å². The number of benzene rings is 2. The zero-order chi connectivity index (χ0) is 23.5. The van der Waals surface area contributed by atoms with Gasteiger partial charge in [0, 0.05) is 30.1 Å². The molecule has 1 aliphatic rings. The normalized spacial score (nSPS) is 18.3. The van der Waals surface area contributed by atoms with Crippen molar-refractivity contribution in [1.82, 2.24) is 9.97 Å². The van der Waals surface area contributed by atoms with Crippen molar-refractivity contribution in [3.63, 3.8) is 0 Å². The van der Waals surface area contributed by atoms with Crippen molar-refractivity contribution in [2.24, 2.45) is 0 Å². The van der Waals surface area contributed by atoms with Crippen molar-refractivity contribution in [2.75, 3.05) is 45.9 Å². The highest BCUT2D eigenvalue weighted by molar-refractivity contribution is 5.93. The van der Waals surface area contributed by atoms with Crippen molar-refractivity contribution < 1.29 is 23.7 Å². The first-order valence-electron chi connectivity index (χ1n) is 11.1. The first-order valence-corrected chi connectivity index (χ1v) is 11.1. The van der Waals surface area contributed by atoms with Crippen LogP contribution in [0, 0.1) is 0 Å². The molecule has 8 heteroatoms. The first kappa shape index (κ1) is 22.9. The molecule has 0 unspecified atom stereocenters. The van der Waals surface area contributed by atoms with Gasteiger partial charge in [0.2, 0.25) is 0 Å².